The van der Waals surface area contributed by atoms with Crippen molar-refractivity contribution in [1.29, 1.82) is 0 Å². The highest BCUT2D eigenvalue weighted by molar-refractivity contribution is 5.93. The summed E-state index contributed by atoms with van der Waals surface area (Å²) in [4.78, 5) is 24.1. The Balaban J connectivity index is 1.99. The number of aromatic carboxylic acids is 1. The van der Waals surface area contributed by atoms with Crippen molar-refractivity contribution in [3.8, 4) is 0 Å². The number of hydrogen-bond donors (Lipinski definition) is 1. The molecule has 1 saturated carbocycles. The zero-order valence-corrected chi connectivity index (χ0v) is 9.68. The Morgan fingerprint density at radius 2 is 2.06 bits per heavy atom. The first-order chi connectivity index (χ1) is 8.08. The molecule has 1 aliphatic carbocycles. The average Bonchev–Trinajstić information content (AvgIpc) is 2.71. The fourth-order valence-electron chi connectivity index (χ4n) is 1.90. The monoisotopic (exact) mass is 237 g/mol. The van der Waals surface area contributed by atoms with Crippen molar-refractivity contribution in [2.75, 3.05) is 13.6 Å². The maximum atomic E-state index is 11.9. The third-order valence-corrected chi connectivity index (χ3v) is 3.13. The van der Waals surface area contributed by atoms with Crippen molar-refractivity contribution in [3.05, 3.63) is 23.7 Å². The predicted octanol–water partition coefficient (Wildman–Crippen LogP) is 1.85. The maximum absolute atomic E-state index is 11.9. The van der Waals surface area contributed by atoms with Gasteiger partial charge in [-0.15, -0.1) is 0 Å². The minimum absolute atomic E-state index is 0.0872. The molecule has 5 nitrogen and oxygen atoms in total. The van der Waals surface area contributed by atoms with E-state index in [0.717, 1.165) is 12.8 Å². The summed E-state index contributed by atoms with van der Waals surface area (Å²) in [7, 11) is 1.71. The van der Waals surface area contributed by atoms with Crippen molar-refractivity contribution in [3.63, 3.8) is 0 Å². The van der Waals surface area contributed by atoms with E-state index in [9.17, 15) is 9.59 Å². The maximum Gasteiger partial charge on any atom is 0.371 e. The SMILES string of the molecule is CN(CC1CCC1)C(=O)c1ccc(C(=O)O)o1. The molecule has 0 aliphatic heterocycles. The number of rotatable bonds is 4. The van der Waals surface area contributed by atoms with Gasteiger partial charge in [-0.25, -0.2) is 4.79 Å². The zero-order chi connectivity index (χ0) is 12.4. The third-order valence-electron chi connectivity index (χ3n) is 3.13. The predicted molar refractivity (Wildman–Crippen MR) is 60.0 cm³/mol. The second kappa shape index (κ2) is 4.61. The van der Waals surface area contributed by atoms with Gasteiger partial charge in [0.25, 0.3) is 5.91 Å². The van der Waals surface area contributed by atoms with Gasteiger partial charge in [-0.1, -0.05) is 6.42 Å². The lowest BCUT2D eigenvalue weighted by Crippen LogP contribution is -2.34. The van der Waals surface area contributed by atoms with Crippen LogP contribution in [0.15, 0.2) is 16.5 Å². The van der Waals surface area contributed by atoms with Crippen LogP contribution in [-0.4, -0.2) is 35.5 Å². The lowest BCUT2D eigenvalue weighted by atomic mass is 9.85. The molecule has 0 saturated heterocycles. The van der Waals surface area contributed by atoms with Gasteiger partial charge in [0.15, 0.2) is 5.76 Å². The molecule has 0 radical (unpaired) electrons. The molecule has 0 unspecified atom stereocenters. The van der Waals surface area contributed by atoms with E-state index in [0.29, 0.717) is 12.5 Å². The number of nitrogens with zero attached hydrogens (tertiary/aromatic N) is 1. The number of hydrogen-bond acceptors (Lipinski definition) is 3. The van der Waals surface area contributed by atoms with Crippen molar-refractivity contribution in [2.24, 2.45) is 5.92 Å². The first-order valence-corrected chi connectivity index (χ1v) is 5.66. The molecule has 2 rings (SSSR count). The van der Waals surface area contributed by atoms with Crippen molar-refractivity contribution in [2.45, 2.75) is 19.3 Å². The molecule has 1 fully saturated rings. The summed E-state index contributed by atoms with van der Waals surface area (Å²) in [5.41, 5.74) is 0. The Labute approximate surface area is 99.0 Å². The summed E-state index contributed by atoms with van der Waals surface area (Å²) in [6.45, 7) is 0.710. The lowest BCUT2D eigenvalue weighted by Gasteiger charge is -2.29. The highest BCUT2D eigenvalue weighted by atomic mass is 16.4. The molecule has 0 bridgehead atoms. The molecule has 1 aromatic rings. The Morgan fingerprint density at radius 1 is 1.41 bits per heavy atom. The Morgan fingerprint density at radius 3 is 2.53 bits per heavy atom. The molecule has 1 aliphatic rings. The van der Waals surface area contributed by atoms with Crippen LogP contribution in [0.4, 0.5) is 0 Å². The molecule has 1 aromatic heterocycles. The molecule has 92 valence electrons. The third kappa shape index (κ3) is 2.49. The van der Waals surface area contributed by atoms with E-state index in [-0.39, 0.29) is 17.4 Å². The van der Waals surface area contributed by atoms with Crippen LogP contribution in [0.3, 0.4) is 0 Å². The molecule has 0 spiro atoms. The molecule has 1 amide bonds. The Kier molecular flexibility index (Phi) is 3.17. The van der Waals surface area contributed by atoms with Crippen LogP contribution in [0.2, 0.25) is 0 Å². The highest BCUT2D eigenvalue weighted by Gasteiger charge is 2.24. The van der Waals surface area contributed by atoms with Gasteiger partial charge in [0.1, 0.15) is 0 Å². The van der Waals surface area contributed by atoms with Crippen LogP contribution in [-0.2, 0) is 0 Å². The van der Waals surface area contributed by atoms with Crippen LogP contribution in [0.1, 0.15) is 40.4 Å². The van der Waals surface area contributed by atoms with Gasteiger partial charge in [-0.05, 0) is 30.9 Å². The van der Waals surface area contributed by atoms with E-state index in [4.69, 9.17) is 9.52 Å². The van der Waals surface area contributed by atoms with Gasteiger partial charge in [0.05, 0.1) is 0 Å². The second-order valence-corrected chi connectivity index (χ2v) is 4.45. The minimum Gasteiger partial charge on any atom is -0.475 e. The van der Waals surface area contributed by atoms with Crippen LogP contribution in [0, 0.1) is 5.92 Å². The van der Waals surface area contributed by atoms with E-state index in [1.54, 1.807) is 11.9 Å². The largest absolute Gasteiger partial charge is 0.475 e. The van der Waals surface area contributed by atoms with E-state index < -0.39 is 5.97 Å². The fourth-order valence-corrected chi connectivity index (χ4v) is 1.90. The summed E-state index contributed by atoms with van der Waals surface area (Å²) in [5.74, 6) is -0.956. The molecular formula is C12H15NO4. The number of furan rings is 1. The number of amides is 1. The molecule has 1 heterocycles. The van der Waals surface area contributed by atoms with Gasteiger partial charge < -0.3 is 14.4 Å². The first kappa shape index (κ1) is 11.7. The summed E-state index contributed by atoms with van der Waals surface area (Å²) in [5, 5.41) is 8.69. The number of carbonyl (C=O) groups excluding carboxylic acids is 1. The van der Waals surface area contributed by atoms with Crippen LogP contribution >= 0.6 is 0 Å². The topological polar surface area (TPSA) is 70.8 Å². The van der Waals surface area contributed by atoms with E-state index in [1.807, 2.05) is 0 Å². The zero-order valence-electron chi connectivity index (χ0n) is 9.68. The summed E-state index contributed by atoms with van der Waals surface area (Å²) >= 11 is 0. The standard InChI is InChI=1S/C12H15NO4/c1-13(7-8-3-2-4-8)11(14)9-5-6-10(17-9)12(15)16/h5-6,8H,2-4,7H2,1H3,(H,15,16). The van der Waals surface area contributed by atoms with Gasteiger partial charge in [-0.2, -0.15) is 0 Å². The molecule has 0 aromatic carbocycles. The summed E-state index contributed by atoms with van der Waals surface area (Å²) in [6.07, 6.45) is 3.56. The van der Waals surface area contributed by atoms with Crippen LogP contribution in [0.25, 0.3) is 0 Å². The summed E-state index contributed by atoms with van der Waals surface area (Å²) in [6, 6.07) is 2.70. The normalized spacial score (nSPS) is 15.4. The second-order valence-electron chi connectivity index (χ2n) is 4.45. The molecule has 5 heteroatoms. The Bertz CT molecular complexity index is 433. The van der Waals surface area contributed by atoms with Gasteiger partial charge >= 0.3 is 5.97 Å². The quantitative estimate of drug-likeness (QED) is 0.867. The van der Waals surface area contributed by atoms with Crippen LogP contribution in [0.5, 0.6) is 0 Å². The van der Waals surface area contributed by atoms with Crippen molar-refractivity contribution < 1.29 is 19.1 Å². The Hall–Kier alpha value is -1.78. The van der Waals surface area contributed by atoms with E-state index >= 15 is 0 Å². The smallest absolute Gasteiger partial charge is 0.371 e. The van der Waals surface area contributed by atoms with E-state index in [2.05, 4.69) is 0 Å². The average molecular weight is 237 g/mol. The molecule has 1 N–H and O–H groups in total. The molecule has 17 heavy (non-hydrogen) atoms. The van der Waals surface area contributed by atoms with Gasteiger partial charge in [0.2, 0.25) is 5.76 Å². The molecular weight excluding hydrogens is 222 g/mol. The van der Waals surface area contributed by atoms with E-state index in [1.165, 1.54) is 18.6 Å². The van der Waals surface area contributed by atoms with Crippen LogP contribution < -0.4 is 0 Å². The molecule has 0 atom stereocenters. The minimum atomic E-state index is -1.16. The fraction of sp³-hybridized carbons (Fsp3) is 0.500. The van der Waals surface area contributed by atoms with Gasteiger partial charge in [0, 0.05) is 13.6 Å². The lowest BCUT2D eigenvalue weighted by molar-refractivity contribution is 0.0647. The van der Waals surface area contributed by atoms with Crippen molar-refractivity contribution in [1.82, 2.24) is 4.90 Å². The summed E-state index contributed by atoms with van der Waals surface area (Å²) < 4.78 is 4.97. The highest BCUT2D eigenvalue weighted by Crippen LogP contribution is 2.27. The van der Waals surface area contributed by atoms with Gasteiger partial charge in [-0.3, -0.25) is 4.79 Å². The number of carboxylic acid groups (broad SMARTS) is 1. The van der Waals surface area contributed by atoms with Crippen molar-refractivity contribution >= 4 is 11.9 Å². The number of carboxylic acids is 1. The number of carbonyl (C=O) groups is 2. The first-order valence-electron chi connectivity index (χ1n) is 5.66.